The van der Waals surface area contributed by atoms with E-state index in [4.69, 9.17) is 5.11 Å². The summed E-state index contributed by atoms with van der Waals surface area (Å²) in [5, 5.41) is 8.31. The molecule has 2 aromatic heterocycles. The molecular weight excluding hydrogens is 300 g/mol. The third-order valence-electron chi connectivity index (χ3n) is 3.58. The molecule has 23 heavy (non-hydrogen) atoms. The minimum absolute atomic E-state index is 0.418. The van der Waals surface area contributed by atoms with Crippen LogP contribution in [0.3, 0.4) is 0 Å². The van der Waals surface area contributed by atoms with E-state index < -0.39 is 22.9 Å². The molecule has 1 aliphatic rings. The molecular formula is C15H18N4O4. The van der Waals surface area contributed by atoms with Gasteiger partial charge in [-0.05, 0) is 38.1 Å². The second-order valence-corrected chi connectivity index (χ2v) is 5.23. The molecule has 122 valence electrons. The molecule has 2 aromatic rings. The van der Waals surface area contributed by atoms with Crippen LogP contribution in [-0.2, 0) is 0 Å². The number of carboxylic acids is 1. The van der Waals surface area contributed by atoms with E-state index in [1.807, 2.05) is 28.4 Å². The molecule has 0 aliphatic carbocycles. The summed E-state index contributed by atoms with van der Waals surface area (Å²) >= 11 is 0. The number of aromatic nitrogens is 3. The van der Waals surface area contributed by atoms with Gasteiger partial charge in [0.1, 0.15) is 5.69 Å². The van der Waals surface area contributed by atoms with Crippen molar-refractivity contribution in [1.82, 2.24) is 19.9 Å². The van der Waals surface area contributed by atoms with E-state index >= 15 is 0 Å². The predicted molar refractivity (Wildman–Crippen MR) is 83.5 cm³/mol. The van der Waals surface area contributed by atoms with Crippen molar-refractivity contribution < 1.29 is 9.90 Å². The van der Waals surface area contributed by atoms with E-state index in [-0.39, 0.29) is 0 Å². The highest BCUT2D eigenvalue weighted by Crippen LogP contribution is 2.29. The summed E-state index contributed by atoms with van der Waals surface area (Å²) in [6.07, 6.45) is 6.41. The monoisotopic (exact) mass is 318 g/mol. The minimum Gasteiger partial charge on any atom is -0.477 e. The number of likely N-dealkylation sites (tertiary alicyclic amines) is 1. The molecule has 0 saturated carbocycles. The number of aromatic amines is 2. The van der Waals surface area contributed by atoms with Crippen molar-refractivity contribution in [2.24, 2.45) is 0 Å². The molecule has 3 N–H and O–H groups in total. The van der Waals surface area contributed by atoms with Crippen LogP contribution in [0.2, 0.25) is 0 Å². The first kappa shape index (κ1) is 16.6. The van der Waals surface area contributed by atoms with E-state index in [9.17, 15) is 14.4 Å². The third-order valence-corrected chi connectivity index (χ3v) is 3.58. The maximum absolute atomic E-state index is 10.5. The lowest BCUT2D eigenvalue weighted by atomic mass is 10.1. The second-order valence-electron chi connectivity index (χ2n) is 5.23. The van der Waals surface area contributed by atoms with Crippen LogP contribution in [0.4, 0.5) is 0 Å². The number of carbonyl (C=O) groups is 1. The molecule has 0 radical (unpaired) electrons. The smallest absolute Gasteiger partial charge is 0.352 e. The van der Waals surface area contributed by atoms with Crippen LogP contribution < -0.4 is 11.2 Å². The van der Waals surface area contributed by atoms with Crippen LogP contribution >= 0.6 is 0 Å². The molecule has 1 saturated heterocycles. The Labute approximate surface area is 131 Å². The second kappa shape index (κ2) is 7.50. The molecule has 3 heterocycles. The summed E-state index contributed by atoms with van der Waals surface area (Å²) in [5.74, 6) is -1.34. The molecule has 0 bridgehead atoms. The summed E-state index contributed by atoms with van der Waals surface area (Å²) in [6.45, 7) is 1.22. The first-order valence-electron chi connectivity index (χ1n) is 7.14. The maximum Gasteiger partial charge on any atom is 0.352 e. The topological polar surface area (TPSA) is 119 Å². The molecule has 0 aromatic carbocycles. The minimum atomic E-state index is -1.34. The number of hydrogen-bond acceptors (Lipinski definition) is 5. The fourth-order valence-electron chi connectivity index (χ4n) is 2.49. The van der Waals surface area contributed by atoms with E-state index in [1.165, 1.54) is 24.9 Å². The van der Waals surface area contributed by atoms with Gasteiger partial charge in [0.25, 0.3) is 5.56 Å². The quantitative estimate of drug-likeness (QED) is 0.746. The van der Waals surface area contributed by atoms with Crippen molar-refractivity contribution in [2.75, 3.05) is 13.6 Å². The van der Waals surface area contributed by atoms with Gasteiger partial charge in [0, 0.05) is 24.5 Å². The maximum atomic E-state index is 10.5. The van der Waals surface area contributed by atoms with Gasteiger partial charge in [-0.2, -0.15) is 0 Å². The predicted octanol–water partition coefficient (Wildman–Crippen LogP) is 0.610. The Hall–Kier alpha value is -2.74. The molecule has 8 nitrogen and oxygen atoms in total. The average Bonchev–Trinajstić information content (AvgIpc) is 2.94. The number of H-pyrrole nitrogens is 2. The number of carboxylic acid groups (broad SMARTS) is 1. The Balaban J connectivity index is 0.000000168. The molecule has 1 aliphatic heterocycles. The lowest BCUT2D eigenvalue weighted by Crippen LogP contribution is -2.24. The normalized spacial score (nSPS) is 17.3. The van der Waals surface area contributed by atoms with E-state index in [1.54, 1.807) is 0 Å². The van der Waals surface area contributed by atoms with Gasteiger partial charge in [0.15, 0.2) is 0 Å². The van der Waals surface area contributed by atoms with Crippen LogP contribution in [-0.4, -0.2) is 44.5 Å². The summed E-state index contributed by atoms with van der Waals surface area (Å²) in [7, 11) is 2.19. The Morgan fingerprint density at radius 3 is 2.70 bits per heavy atom. The van der Waals surface area contributed by atoms with Crippen LogP contribution in [0.5, 0.6) is 0 Å². The zero-order chi connectivity index (χ0) is 16.8. The van der Waals surface area contributed by atoms with Crippen molar-refractivity contribution in [3.05, 3.63) is 62.7 Å². The Bertz CT molecular complexity index is 741. The van der Waals surface area contributed by atoms with Gasteiger partial charge in [-0.3, -0.25) is 19.7 Å². The number of pyridine rings is 1. The fourth-order valence-corrected chi connectivity index (χ4v) is 2.49. The van der Waals surface area contributed by atoms with Gasteiger partial charge in [-0.15, -0.1) is 0 Å². The Morgan fingerprint density at radius 1 is 1.39 bits per heavy atom. The van der Waals surface area contributed by atoms with Crippen molar-refractivity contribution >= 4 is 5.97 Å². The van der Waals surface area contributed by atoms with Gasteiger partial charge in [0.05, 0.1) is 0 Å². The number of nitrogens with one attached hydrogen (secondary N) is 2. The highest BCUT2D eigenvalue weighted by Gasteiger charge is 2.21. The standard InChI is InChI=1S/C10H14N2.C5H4N2O4/c1-12-7-3-5-10(12)9-4-2-6-11-8-9;8-3-1-2(4(9)10)6-5(11)7-3/h2,4,6,8,10H,3,5,7H2,1H3;1H,(H,9,10)(H2,6,7,8,11)/t10-;/m0./s1. The van der Waals surface area contributed by atoms with Gasteiger partial charge in [-0.25, -0.2) is 9.59 Å². The van der Waals surface area contributed by atoms with Crippen molar-refractivity contribution in [3.8, 4) is 0 Å². The van der Waals surface area contributed by atoms with Gasteiger partial charge in [-0.1, -0.05) is 6.07 Å². The highest BCUT2D eigenvalue weighted by molar-refractivity contribution is 5.84. The fraction of sp³-hybridized carbons (Fsp3) is 0.333. The number of nitrogens with zero attached hydrogens (tertiary/aromatic N) is 2. The average molecular weight is 318 g/mol. The van der Waals surface area contributed by atoms with E-state index in [0.717, 1.165) is 6.07 Å². The Kier molecular flexibility index (Phi) is 5.42. The van der Waals surface area contributed by atoms with E-state index in [0.29, 0.717) is 6.04 Å². The van der Waals surface area contributed by atoms with Crippen molar-refractivity contribution in [2.45, 2.75) is 18.9 Å². The lowest BCUT2D eigenvalue weighted by Gasteiger charge is -2.18. The zero-order valence-electron chi connectivity index (χ0n) is 12.7. The van der Waals surface area contributed by atoms with Crippen LogP contribution in [0.25, 0.3) is 0 Å². The summed E-state index contributed by atoms with van der Waals surface area (Å²) in [4.78, 5) is 41.4. The van der Waals surface area contributed by atoms with E-state index in [2.05, 4.69) is 23.0 Å². The molecule has 3 rings (SSSR count). The van der Waals surface area contributed by atoms with Crippen LogP contribution in [0.15, 0.2) is 40.2 Å². The van der Waals surface area contributed by atoms with Gasteiger partial charge >= 0.3 is 11.7 Å². The van der Waals surface area contributed by atoms with Crippen LogP contribution in [0.1, 0.15) is 34.9 Å². The summed E-state index contributed by atoms with van der Waals surface area (Å²) in [6, 6.07) is 5.59. The Morgan fingerprint density at radius 2 is 2.17 bits per heavy atom. The van der Waals surface area contributed by atoms with Gasteiger partial charge in [0.2, 0.25) is 0 Å². The molecule has 0 spiro atoms. The molecule has 1 atom stereocenters. The highest BCUT2D eigenvalue weighted by atomic mass is 16.4. The lowest BCUT2D eigenvalue weighted by molar-refractivity contribution is 0.0689. The first-order chi connectivity index (χ1) is 11.0. The van der Waals surface area contributed by atoms with Crippen molar-refractivity contribution in [1.29, 1.82) is 0 Å². The molecule has 8 heteroatoms. The molecule has 0 amide bonds. The summed E-state index contributed by atoms with van der Waals surface area (Å²) < 4.78 is 0. The van der Waals surface area contributed by atoms with Gasteiger partial charge < -0.3 is 10.1 Å². The number of aromatic carboxylic acids is 1. The van der Waals surface area contributed by atoms with Crippen molar-refractivity contribution in [3.63, 3.8) is 0 Å². The number of hydrogen-bond donors (Lipinski definition) is 3. The first-order valence-corrected chi connectivity index (χ1v) is 7.14. The summed E-state index contributed by atoms with van der Waals surface area (Å²) in [5.41, 5.74) is -0.614. The molecule has 1 fully saturated rings. The zero-order valence-corrected chi connectivity index (χ0v) is 12.7. The molecule has 0 unspecified atom stereocenters. The SMILES string of the molecule is CN1CCC[C@H]1c1cccnc1.O=C(O)c1cc(=O)[nH]c(=O)[nH]1. The number of rotatable bonds is 2. The van der Waals surface area contributed by atoms with Crippen LogP contribution in [0, 0.1) is 0 Å². The largest absolute Gasteiger partial charge is 0.477 e. The third kappa shape index (κ3) is 4.62.